The van der Waals surface area contributed by atoms with Gasteiger partial charge in [-0.3, -0.25) is 5.10 Å². The van der Waals surface area contributed by atoms with E-state index in [1.165, 1.54) is 69.9 Å². The molecule has 4 aromatic rings. The summed E-state index contributed by atoms with van der Waals surface area (Å²) in [5.74, 6) is 2.95. The molecule has 2 aromatic carbocycles. The van der Waals surface area contributed by atoms with Crippen LogP contribution in [0.1, 0.15) is 120 Å². The number of rotatable bonds is 24. The van der Waals surface area contributed by atoms with Crippen LogP contribution in [-0.2, 0) is 16.7 Å². The fourth-order valence-electron chi connectivity index (χ4n) is 5.47. The van der Waals surface area contributed by atoms with Gasteiger partial charge < -0.3 is 24.2 Å². The molecular formula is C39H55N5O6. The first kappa shape index (κ1) is 38.3. The van der Waals surface area contributed by atoms with Gasteiger partial charge in [-0.15, -0.1) is 10.2 Å². The molecule has 0 aliphatic rings. The monoisotopic (exact) mass is 689 g/mol. The van der Waals surface area contributed by atoms with Gasteiger partial charge in [0.15, 0.2) is 11.6 Å². The topological polar surface area (TPSA) is 132 Å². The molecule has 0 fully saturated rings. The molecule has 0 amide bonds. The number of hydrogen-bond acceptors (Lipinski definition) is 8. The quantitative estimate of drug-likeness (QED) is 0.0374. The van der Waals surface area contributed by atoms with Gasteiger partial charge in [-0.05, 0) is 55.0 Å². The predicted molar refractivity (Wildman–Crippen MR) is 195 cm³/mol. The lowest BCUT2D eigenvalue weighted by atomic mass is 9.92. The molecule has 2 heterocycles. The molecule has 272 valence electrons. The van der Waals surface area contributed by atoms with E-state index in [1.807, 2.05) is 24.3 Å². The van der Waals surface area contributed by atoms with Crippen LogP contribution in [0.2, 0.25) is 0 Å². The number of hydroxylamine groups is 1. The van der Waals surface area contributed by atoms with Crippen molar-refractivity contribution in [1.82, 2.24) is 25.3 Å². The van der Waals surface area contributed by atoms with Crippen molar-refractivity contribution >= 4 is 11.6 Å². The Bertz CT molecular complexity index is 1600. The Kier molecular flexibility index (Phi) is 15.0. The van der Waals surface area contributed by atoms with Gasteiger partial charge in [0.2, 0.25) is 5.65 Å². The van der Waals surface area contributed by atoms with E-state index in [0.717, 1.165) is 30.2 Å². The van der Waals surface area contributed by atoms with E-state index in [-0.39, 0.29) is 11.0 Å². The molecule has 0 bridgehead atoms. The maximum Gasteiger partial charge on any atom is 0.335 e. The largest absolute Gasteiger partial charge is 0.494 e. The number of nitrogens with zero attached hydrogens (tertiary/aromatic N) is 3. The van der Waals surface area contributed by atoms with Gasteiger partial charge in [0.25, 0.3) is 0 Å². The molecule has 0 saturated heterocycles. The van der Waals surface area contributed by atoms with E-state index in [9.17, 15) is 9.90 Å². The summed E-state index contributed by atoms with van der Waals surface area (Å²) in [7, 11) is 0. The van der Waals surface area contributed by atoms with Crippen molar-refractivity contribution in [1.29, 1.82) is 0 Å². The van der Waals surface area contributed by atoms with Crippen molar-refractivity contribution in [2.75, 3.05) is 19.8 Å². The average molecular weight is 690 g/mol. The van der Waals surface area contributed by atoms with Gasteiger partial charge in [0, 0.05) is 24.8 Å². The summed E-state index contributed by atoms with van der Waals surface area (Å²) >= 11 is 0. The first-order valence-electron chi connectivity index (χ1n) is 18.1. The van der Waals surface area contributed by atoms with Crippen LogP contribution < -0.4 is 19.7 Å². The summed E-state index contributed by atoms with van der Waals surface area (Å²) in [6, 6.07) is 14.0. The molecule has 0 atom stereocenters. The number of nitrogens with one attached hydrogen (secondary N) is 2. The number of hydrogen-bond donors (Lipinski definition) is 3. The van der Waals surface area contributed by atoms with Gasteiger partial charge in [0.1, 0.15) is 23.0 Å². The van der Waals surface area contributed by atoms with Crippen molar-refractivity contribution in [3.05, 3.63) is 78.0 Å². The second kappa shape index (κ2) is 19.6. The fourth-order valence-corrected chi connectivity index (χ4v) is 5.47. The molecule has 0 unspecified atom stereocenters. The smallest absolute Gasteiger partial charge is 0.335 e. The minimum Gasteiger partial charge on any atom is -0.494 e. The van der Waals surface area contributed by atoms with Crippen LogP contribution in [0.15, 0.2) is 60.9 Å². The van der Waals surface area contributed by atoms with Crippen LogP contribution in [0.4, 0.5) is 0 Å². The third-order valence-electron chi connectivity index (χ3n) is 8.36. The first-order chi connectivity index (χ1) is 24.2. The summed E-state index contributed by atoms with van der Waals surface area (Å²) in [6.45, 7) is 14.1. The Morgan fingerprint density at radius 1 is 0.840 bits per heavy atom. The third-order valence-corrected chi connectivity index (χ3v) is 8.36. The van der Waals surface area contributed by atoms with Gasteiger partial charge in [-0.2, -0.15) is 5.48 Å². The Morgan fingerprint density at radius 3 is 2.02 bits per heavy atom. The maximum atomic E-state index is 11.2. The van der Waals surface area contributed by atoms with Crippen molar-refractivity contribution < 1.29 is 28.9 Å². The molecule has 3 N–H and O–H groups in total. The standard InChI is InChI=1S/C39H55N5O6/c1-6-7-8-9-10-11-12-13-14-15-27-47-31-20-22-32(23-21-31)48-28-25-29(2)50-40-26-24-34-41-42-37-35(36(39(3,4)5)43-44(34)37)49-33-18-16-30(17-19-33)38(45)46/h16-23,40,43H,2,6-15,24-28H2,1,3-5H3,(H,45,46). The van der Waals surface area contributed by atoms with E-state index in [0.29, 0.717) is 54.7 Å². The molecule has 2 aromatic heterocycles. The van der Waals surface area contributed by atoms with E-state index in [4.69, 9.17) is 19.0 Å². The molecule has 50 heavy (non-hydrogen) atoms. The number of aromatic nitrogens is 4. The lowest BCUT2D eigenvalue weighted by Crippen LogP contribution is -2.19. The number of carbonyl (C=O) groups is 1. The average Bonchev–Trinajstić information content (AvgIpc) is 3.66. The number of fused-ring (bicyclic) bond motifs is 1. The van der Waals surface area contributed by atoms with Crippen molar-refractivity contribution in [3.8, 4) is 23.0 Å². The molecule has 11 nitrogen and oxygen atoms in total. The molecule has 4 rings (SSSR count). The van der Waals surface area contributed by atoms with E-state index in [1.54, 1.807) is 16.6 Å². The van der Waals surface area contributed by atoms with Gasteiger partial charge in [-0.25, -0.2) is 9.31 Å². The number of benzene rings is 2. The minimum atomic E-state index is -0.992. The van der Waals surface area contributed by atoms with E-state index < -0.39 is 5.97 Å². The second-order valence-corrected chi connectivity index (χ2v) is 13.7. The second-order valence-electron chi connectivity index (χ2n) is 13.7. The van der Waals surface area contributed by atoms with Gasteiger partial charge in [-0.1, -0.05) is 92.1 Å². The Balaban J connectivity index is 1.12. The number of H-pyrrole nitrogens is 1. The van der Waals surface area contributed by atoms with E-state index in [2.05, 4.69) is 55.1 Å². The molecule has 0 spiro atoms. The summed E-state index contributed by atoms with van der Waals surface area (Å²) in [5.41, 5.74) is 4.25. The van der Waals surface area contributed by atoms with Crippen molar-refractivity contribution in [2.24, 2.45) is 0 Å². The Labute approximate surface area is 296 Å². The van der Waals surface area contributed by atoms with Crippen LogP contribution in [-0.4, -0.2) is 50.6 Å². The summed E-state index contributed by atoms with van der Waals surface area (Å²) < 4.78 is 19.8. The van der Waals surface area contributed by atoms with Gasteiger partial charge >= 0.3 is 5.97 Å². The predicted octanol–water partition coefficient (Wildman–Crippen LogP) is 9.19. The summed E-state index contributed by atoms with van der Waals surface area (Å²) in [4.78, 5) is 16.9. The zero-order chi connectivity index (χ0) is 35.8. The van der Waals surface area contributed by atoms with Crippen LogP contribution in [0.25, 0.3) is 5.65 Å². The number of ether oxygens (including phenoxy) is 3. The van der Waals surface area contributed by atoms with Crippen LogP contribution in [0, 0.1) is 0 Å². The molecule has 0 saturated carbocycles. The lowest BCUT2D eigenvalue weighted by Gasteiger charge is -2.18. The highest BCUT2D eigenvalue weighted by molar-refractivity contribution is 5.87. The lowest BCUT2D eigenvalue weighted by molar-refractivity contribution is 0.0696. The van der Waals surface area contributed by atoms with Crippen LogP contribution in [0.3, 0.4) is 0 Å². The molecular weight excluding hydrogens is 634 g/mol. The van der Waals surface area contributed by atoms with Crippen LogP contribution in [0.5, 0.6) is 23.0 Å². The molecule has 0 radical (unpaired) electrons. The van der Waals surface area contributed by atoms with Crippen molar-refractivity contribution in [3.63, 3.8) is 0 Å². The highest BCUT2D eigenvalue weighted by Crippen LogP contribution is 2.36. The number of aromatic carboxylic acids is 1. The number of carboxylic acids is 1. The zero-order valence-electron chi connectivity index (χ0n) is 30.3. The zero-order valence-corrected chi connectivity index (χ0v) is 30.3. The molecule has 11 heteroatoms. The number of carboxylic acid groups (broad SMARTS) is 1. The summed E-state index contributed by atoms with van der Waals surface area (Å²) in [6.07, 6.45) is 14.2. The normalized spacial score (nSPS) is 11.5. The first-order valence-corrected chi connectivity index (χ1v) is 18.1. The molecule has 0 aliphatic carbocycles. The molecule has 0 aliphatic heterocycles. The SMILES string of the molecule is C=C(CCOc1ccc(OCCCCCCCCCCCC)cc1)ONCCc1nnc2c(Oc3ccc(C(=O)O)cc3)c(C(C)(C)C)[nH]n12. The highest BCUT2D eigenvalue weighted by atomic mass is 16.6. The number of unbranched alkanes of at least 4 members (excludes halogenated alkanes) is 9. The summed E-state index contributed by atoms with van der Waals surface area (Å²) in [5, 5.41) is 21.3. The fraction of sp³-hybridized carbons (Fsp3) is 0.513. The van der Waals surface area contributed by atoms with Gasteiger partial charge in [0.05, 0.1) is 24.5 Å². The Morgan fingerprint density at radius 2 is 1.42 bits per heavy atom. The van der Waals surface area contributed by atoms with Crippen LogP contribution >= 0.6 is 0 Å². The third kappa shape index (κ3) is 12.1. The van der Waals surface area contributed by atoms with Crippen molar-refractivity contribution in [2.45, 2.75) is 110 Å². The van der Waals surface area contributed by atoms with E-state index >= 15 is 0 Å². The Hall–Kier alpha value is -4.51. The highest BCUT2D eigenvalue weighted by Gasteiger charge is 2.27. The minimum absolute atomic E-state index is 0.188. The maximum absolute atomic E-state index is 11.2. The number of aromatic amines is 1.